The highest BCUT2D eigenvalue weighted by Gasteiger charge is 2.34. The summed E-state index contributed by atoms with van der Waals surface area (Å²) in [6, 6.07) is 0. The molecule has 0 aliphatic heterocycles. The van der Waals surface area contributed by atoms with Crippen LogP contribution in [0, 0.1) is 5.41 Å². The molecule has 7 heteroatoms. The van der Waals surface area contributed by atoms with Crippen LogP contribution in [-0.2, 0) is 4.79 Å². The zero-order valence-corrected chi connectivity index (χ0v) is 8.98. The minimum Gasteiger partial charge on any atom is -0.297 e. The summed E-state index contributed by atoms with van der Waals surface area (Å²) in [4.78, 5) is 12.2. The molecule has 0 aliphatic carbocycles. The highest BCUT2D eigenvalue weighted by atomic mass is 19.4. The van der Waals surface area contributed by atoms with Crippen molar-refractivity contribution < 1.29 is 18.0 Å². The Kier molecular flexibility index (Phi) is 4.54. The molecule has 0 aliphatic rings. The maximum Gasteiger partial charge on any atom is 0.401 e. The third-order valence-corrected chi connectivity index (χ3v) is 1.86. The van der Waals surface area contributed by atoms with Crippen molar-refractivity contribution in [3.8, 4) is 0 Å². The van der Waals surface area contributed by atoms with Crippen LogP contribution in [0.3, 0.4) is 0 Å². The zero-order valence-electron chi connectivity index (χ0n) is 8.98. The lowest BCUT2D eigenvalue weighted by molar-refractivity contribution is -0.149. The van der Waals surface area contributed by atoms with Gasteiger partial charge in [0.25, 0.3) is 0 Å². The molecule has 4 nitrogen and oxygen atoms in total. The SMILES string of the molecule is CN(CC(F)(F)F)CC(C)(C)C(=O)NN. The molecule has 0 spiro atoms. The summed E-state index contributed by atoms with van der Waals surface area (Å²) in [5.41, 5.74) is 0.977. The molecule has 1 amide bonds. The van der Waals surface area contributed by atoms with E-state index in [0.29, 0.717) is 0 Å². The van der Waals surface area contributed by atoms with Crippen molar-refractivity contribution in [1.82, 2.24) is 10.3 Å². The molecular weight excluding hydrogens is 211 g/mol. The van der Waals surface area contributed by atoms with E-state index in [1.54, 1.807) is 0 Å². The van der Waals surface area contributed by atoms with Gasteiger partial charge in [-0.05, 0) is 20.9 Å². The van der Waals surface area contributed by atoms with Gasteiger partial charge in [-0.2, -0.15) is 13.2 Å². The van der Waals surface area contributed by atoms with Crippen molar-refractivity contribution in [2.45, 2.75) is 20.0 Å². The Morgan fingerprint density at radius 2 is 1.80 bits per heavy atom. The van der Waals surface area contributed by atoms with E-state index >= 15 is 0 Å². The van der Waals surface area contributed by atoms with Crippen molar-refractivity contribution in [3.63, 3.8) is 0 Å². The van der Waals surface area contributed by atoms with Gasteiger partial charge >= 0.3 is 6.18 Å². The Balaban J connectivity index is 4.28. The average Bonchev–Trinajstić information content (AvgIpc) is 1.97. The van der Waals surface area contributed by atoms with Gasteiger partial charge in [0, 0.05) is 6.54 Å². The van der Waals surface area contributed by atoms with Crippen molar-refractivity contribution in [3.05, 3.63) is 0 Å². The second-order valence-electron chi connectivity index (χ2n) is 4.14. The first kappa shape index (κ1) is 14.2. The lowest BCUT2D eigenvalue weighted by atomic mass is 9.92. The second-order valence-corrected chi connectivity index (χ2v) is 4.14. The summed E-state index contributed by atoms with van der Waals surface area (Å²) in [6.07, 6.45) is -4.26. The van der Waals surface area contributed by atoms with Crippen molar-refractivity contribution in [2.24, 2.45) is 11.3 Å². The fourth-order valence-corrected chi connectivity index (χ4v) is 1.30. The maximum atomic E-state index is 12.0. The quantitative estimate of drug-likeness (QED) is 0.417. The summed E-state index contributed by atoms with van der Waals surface area (Å²) in [5.74, 6) is 4.43. The van der Waals surface area contributed by atoms with E-state index in [1.807, 2.05) is 5.43 Å². The summed E-state index contributed by atoms with van der Waals surface area (Å²) >= 11 is 0. The second kappa shape index (κ2) is 4.80. The molecule has 0 saturated carbocycles. The number of alkyl halides is 3. The molecule has 90 valence electrons. The molecule has 0 rings (SSSR count). The number of halogens is 3. The van der Waals surface area contributed by atoms with E-state index in [2.05, 4.69) is 0 Å². The van der Waals surface area contributed by atoms with Gasteiger partial charge in [0.15, 0.2) is 0 Å². The average molecular weight is 227 g/mol. The first-order chi connectivity index (χ1) is 6.58. The minimum absolute atomic E-state index is 0.0183. The van der Waals surface area contributed by atoms with Gasteiger partial charge in [0.1, 0.15) is 0 Å². The Morgan fingerprint density at radius 3 is 2.13 bits per heavy atom. The van der Waals surface area contributed by atoms with E-state index in [-0.39, 0.29) is 6.54 Å². The van der Waals surface area contributed by atoms with Gasteiger partial charge in [-0.3, -0.25) is 15.1 Å². The number of amides is 1. The summed E-state index contributed by atoms with van der Waals surface area (Å²) in [5, 5.41) is 0. The first-order valence-corrected chi connectivity index (χ1v) is 4.35. The Labute approximate surface area is 86.6 Å². The fourth-order valence-electron chi connectivity index (χ4n) is 1.30. The van der Waals surface area contributed by atoms with Crippen LogP contribution < -0.4 is 11.3 Å². The molecule has 0 aromatic carbocycles. The Hall–Kier alpha value is -0.820. The van der Waals surface area contributed by atoms with E-state index in [9.17, 15) is 18.0 Å². The lowest BCUT2D eigenvalue weighted by Crippen LogP contribution is -2.47. The van der Waals surface area contributed by atoms with Crippen molar-refractivity contribution >= 4 is 5.91 Å². The van der Waals surface area contributed by atoms with Gasteiger partial charge in [0.2, 0.25) is 5.91 Å². The van der Waals surface area contributed by atoms with Gasteiger partial charge in [-0.15, -0.1) is 0 Å². The standard InChI is InChI=1S/C8H16F3N3O/c1-7(2,6(15)13-12)4-14(3)5-8(9,10)11/h4-5,12H2,1-3H3,(H,13,15). The molecule has 0 bridgehead atoms. The molecule has 15 heavy (non-hydrogen) atoms. The molecule has 0 aromatic heterocycles. The number of hydrogen-bond donors (Lipinski definition) is 2. The molecule has 0 heterocycles. The number of hydrazine groups is 1. The largest absolute Gasteiger partial charge is 0.401 e. The number of carbonyl (C=O) groups excluding carboxylic acids is 1. The van der Waals surface area contributed by atoms with E-state index in [1.165, 1.54) is 20.9 Å². The molecular formula is C8H16F3N3O. The summed E-state index contributed by atoms with van der Waals surface area (Å²) in [7, 11) is 1.30. The highest BCUT2D eigenvalue weighted by molar-refractivity contribution is 5.81. The lowest BCUT2D eigenvalue weighted by Gasteiger charge is -2.28. The number of nitrogens with one attached hydrogen (secondary N) is 1. The van der Waals surface area contributed by atoms with Crippen molar-refractivity contribution in [2.75, 3.05) is 20.1 Å². The van der Waals surface area contributed by atoms with E-state index < -0.39 is 24.0 Å². The Morgan fingerprint density at radius 1 is 1.33 bits per heavy atom. The van der Waals surface area contributed by atoms with E-state index in [4.69, 9.17) is 5.84 Å². The molecule has 0 unspecified atom stereocenters. The number of nitrogens with zero attached hydrogens (tertiary/aromatic N) is 1. The molecule has 0 atom stereocenters. The number of rotatable bonds is 4. The van der Waals surface area contributed by atoms with Gasteiger partial charge < -0.3 is 0 Å². The van der Waals surface area contributed by atoms with Crippen LogP contribution in [0.4, 0.5) is 13.2 Å². The van der Waals surface area contributed by atoms with Crippen LogP contribution in [0.15, 0.2) is 0 Å². The van der Waals surface area contributed by atoms with Gasteiger partial charge in [0.05, 0.1) is 12.0 Å². The maximum absolute atomic E-state index is 12.0. The van der Waals surface area contributed by atoms with Crippen LogP contribution >= 0.6 is 0 Å². The molecule has 0 radical (unpaired) electrons. The van der Waals surface area contributed by atoms with Crippen LogP contribution in [0.1, 0.15) is 13.8 Å². The van der Waals surface area contributed by atoms with Crippen LogP contribution in [-0.4, -0.2) is 37.1 Å². The van der Waals surface area contributed by atoms with Crippen LogP contribution in [0.5, 0.6) is 0 Å². The Bertz CT molecular complexity index is 228. The topological polar surface area (TPSA) is 58.4 Å². The summed E-state index contributed by atoms with van der Waals surface area (Å²) in [6.45, 7) is 1.99. The zero-order chi connectivity index (χ0) is 12.3. The third kappa shape index (κ3) is 5.58. The number of carbonyl (C=O) groups is 1. The summed E-state index contributed by atoms with van der Waals surface area (Å²) < 4.78 is 36.0. The molecule has 0 fully saturated rings. The van der Waals surface area contributed by atoms with Crippen LogP contribution in [0.25, 0.3) is 0 Å². The molecule has 0 aromatic rings. The minimum atomic E-state index is -4.26. The fraction of sp³-hybridized carbons (Fsp3) is 0.875. The van der Waals surface area contributed by atoms with Crippen LogP contribution in [0.2, 0.25) is 0 Å². The third-order valence-electron chi connectivity index (χ3n) is 1.86. The normalized spacial score (nSPS) is 13.1. The van der Waals surface area contributed by atoms with Gasteiger partial charge in [-0.25, -0.2) is 5.84 Å². The van der Waals surface area contributed by atoms with Gasteiger partial charge in [-0.1, -0.05) is 0 Å². The molecule has 3 N–H and O–H groups in total. The first-order valence-electron chi connectivity index (χ1n) is 4.35. The predicted molar refractivity (Wildman–Crippen MR) is 49.7 cm³/mol. The smallest absolute Gasteiger partial charge is 0.297 e. The predicted octanol–water partition coefficient (Wildman–Crippen LogP) is 0.497. The van der Waals surface area contributed by atoms with Crippen molar-refractivity contribution in [1.29, 1.82) is 0 Å². The number of nitrogens with two attached hydrogens (primary N) is 1. The monoisotopic (exact) mass is 227 g/mol. The molecule has 0 saturated heterocycles. The highest BCUT2D eigenvalue weighted by Crippen LogP contribution is 2.20. The van der Waals surface area contributed by atoms with E-state index in [0.717, 1.165) is 4.90 Å². The number of hydrogen-bond acceptors (Lipinski definition) is 3.